The van der Waals surface area contributed by atoms with Crippen molar-refractivity contribution in [3.63, 3.8) is 0 Å². The normalized spacial score (nSPS) is 10.4. The maximum atomic E-state index is 11.5. The molecule has 0 aliphatic carbocycles. The summed E-state index contributed by atoms with van der Waals surface area (Å²) in [6.07, 6.45) is 1.72. The van der Waals surface area contributed by atoms with E-state index in [-0.39, 0.29) is 5.56 Å². The van der Waals surface area contributed by atoms with E-state index in [1.165, 1.54) is 17.2 Å². The Bertz CT molecular complexity index is 604. The largest absolute Gasteiger partial charge is 0.366 e. The van der Waals surface area contributed by atoms with Gasteiger partial charge in [0.2, 0.25) is 0 Å². The molecule has 0 amide bonds. The van der Waals surface area contributed by atoms with E-state index in [0.29, 0.717) is 18.2 Å². The lowest BCUT2D eigenvalue weighted by molar-refractivity contribution is 0.912. The first-order valence-corrected chi connectivity index (χ1v) is 6.63. The summed E-state index contributed by atoms with van der Waals surface area (Å²) in [5, 5.41) is 3.22. The molecule has 0 radical (unpaired) electrons. The highest BCUT2D eigenvalue weighted by Gasteiger charge is 2.02. The van der Waals surface area contributed by atoms with Crippen molar-refractivity contribution in [2.75, 3.05) is 5.32 Å². The van der Waals surface area contributed by atoms with Crippen LogP contribution in [0.15, 0.2) is 35.1 Å². The van der Waals surface area contributed by atoms with Gasteiger partial charge < -0.3 is 10.3 Å². The fraction of sp³-hybridized carbons (Fsp3) is 0.333. The van der Waals surface area contributed by atoms with Gasteiger partial charge in [0.15, 0.2) is 0 Å². The van der Waals surface area contributed by atoms with Crippen molar-refractivity contribution in [3.8, 4) is 0 Å². The molecule has 1 aromatic carbocycles. The number of hydrogen-bond acceptors (Lipinski definition) is 3. The topological polar surface area (TPSA) is 57.8 Å². The molecule has 0 unspecified atom stereocenters. The van der Waals surface area contributed by atoms with Crippen molar-refractivity contribution in [1.82, 2.24) is 9.97 Å². The molecular formula is C15H19N3O. The molecule has 4 nitrogen and oxygen atoms in total. The Morgan fingerprint density at radius 3 is 2.58 bits per heavy atom. The molecule has 19 heavy (non-hydrogen) atoms. The van der Waals surface area contributed by atoms with E-state index in [9.17, 15) is 4.79 Å². The summed E-state index contributed by atoms with van der Waals surface area (Å²) in [4.78, 5) is 18.5. The number of benzene rings is 1. The third-order valence-corrected chi connectivity index (χ3v) is 3.08. The number of aryl methyl sites for hydroxylation is 2. The van der Waals surface area contributed by atoms with Crippen LogP contribution in [0.3, 0.4) is 0 Å². The second-order valence-electron chi connectivity index (χ2n) is 4.41. The van der Waals surface area contributed by atoms with Gasteiger partial charge in [-0.05, 0) is 17.5 Å². The van der Waals surface area contributed by atoms with E-state index < -0.39 is 0 Å². The molecule has 0 bridgehead atoms. The molecule has 0 fully saturated rings. The van der Waals surface area contributed by atoms with Crippen molar-refractivity contribution < 1.29 is 0 Å². The molecular weight excluding hydrogens is 238 g/mol. The second kappa shape index (κ2) is 6.18. The van der Waals surface area contributed by atoms with E-state index in [1.54, 1.807) is 0 Å². The van der Waals surface area contributed by atoms with Gasteiger partial charge in [-0.25, -0.2) is 4.98 Å². The number of aromatic amines is 1. The first-order valence-electron chi connectivity index (χ1n) is 6.63. The molecule has 2 rings (SSSR count). The minimum Gasteiger partial charge on any atom is -0.366 e. The number of H-pyrrole nitrogens is 1. The molecule has 4 heteroatoms. The van der Waals surface area contributed by atoms with Crippen molar-refractivity contribution >= 4 is 5.82 Å². The standard InChI is InChI=1S/C15H19N3O/c1-3-11-7-5-6-8-12(11)10-16-14-9-15(19)18-13(4-2)17-14/h5-9H,3-4,10H2,1-2H3,(H2,16,17,18,19). The average Bonchev–Trinajstić information content (AvgIpc) is 2.44. The zero-order valence-electron chi connectivity index (χ0n) is 11.4. The van der Waals surface area contributed by atoms with Crippen LogP contribution in [-0.2, 0) is 19.4 Å². The van der Waals surface area contributed by atoms with E-state index in [4.69, 9.17) is 0 Å². The lowest BCUT2D eigenvalue weighted by Gasteiger charge is -2.10. The zero-order valence-corrected chi connectivity index (χ0v) is 11.4. The van der Waals surface area contributed by atoms with Crippen molar-refractivity contribution in [3.05, 3.63) is 57.6 Å². The smallest absolute Gasteiger partial charge is 0.252 e. The Hall–Kier alpha value is -2.10. The molecule has 1 aromatic heterocycles. The van der Waals surface area contributed by atoms with Gasteiger partial charge in [-0.3, -0.25) is 4.79 Å². The van der Waals surface area contributed by atoms with Gasteiger partial charge in [0.25, 0.3) is 5.56 Å². The van der Waals surface area contributed by atoms with Crippen molar-refractivity contribution in [2.24, 2.45) is 0 Å². The van der Waals surface area contributed by atoms with E-state index in [0.717, 1.165) is 12.8 Å². The quantitative estimate of drug-likeness (QED) is 0.865. The summed E-state index contributed by atoms with van der Waals surface area (Å²) in [6, 6.07) is 9.79. The number of anilines is 1. The first-order chi connectivity index (χ1) is 9.22. The van der Waals surface area contributed by atoms with Crippen molar-refractivity contribution in [1.29, 1.82) is 0 Å². The average molecular weight is 257 g/mol. The number of rotatable bonds is 5. The second-order valence-corrected chi connectivity index (χ2v) is 4.41. The summed E-state index contributed by atoms with van der Waals surface area (Å²) in [7, 11) is 0. The van der Waals surface area contributed by atoms with Gasteiger partial charge >= 0.3 is 0 Å². The summed E-state index contributed by atoms with van der Waals surface area (Å²) in [6.45, 7) is 4.79. The van der Waals surface area contributed by atoms with Gasteiger partial charge in [0, 0.05) is 19.0 Å². The Balaban J connectivity index is 2.14. The van der Waals surface area contributed by atoms with Crippen molar-refractivity contribution in [2.45, 2.75) is 33.2 Å². The van der Waals surface area contributed by atoms with Crippen LogP contribution in [0.1, 0.15) is 30.8 Å². The maximum Gasteiger partial charge on any atom is 0.252 e. The van der Waals surface area contributed by atoms with Gasteiger partial charge in [0.05, 0.1) is 0 Å². The number of nitrogens with one attached hydrogen (secondary N) is 2. The van der Waals surface area contributed by atoms with E-state index in [2.05, 4.69) is 34.3 Å². The number of hydrogen-bond donors (Lipinski definition) is 2. The van der Waals surface area contributed by atoms with Crippen LogP contribution >= 0.6 is 0 Å². The Labute approximate surface area is 112 Å². The molecule has 0 spiro atoms. The van der Waals surface area contributed by atoms with Crippen LogP contribution in [-0.4, -0.2) is 9.97 Å². The molecule has 0 aliphatic rings. The van der Waals surface area contributed by atoms with Crippen LogP contribution in [0.25, 0.3) is 0 Å². The zero-order chi connectivity index (χ0) is 13.7. The lowest BCUT2D eigenvalue weighted by Crippen LogP contribution is -2.13. The van der Waals surface area contributed by atoms with Gasteiger partial charge in [-0.2, -0.15) is 0 Å². The molecule has 0 saturated heterocycles. The van der Waals surface area contributed by atoms with Crippen LogP contribution in [0.5, 0.6) is 0 Å². The van der Waals surface area contributed by atoms with Gasteiger partial charge in [-0.15, -0.1) is 0 Å². The van der Waals surface area contributed by atoms with E-state index >= 15 is 0 Å². The molecule has 2 N–H and O–H groups in total. The molecule has 0 saturated carbocycles. The van der Waals surface area contributed by atoms with Crippen LogP contribution < -0.4 is 10.9 Å². The fourth-order valence-corrected chi connectivity index (χ4v) is 2.03. The minimum absolute atomic E-state index is 0.113. The highest BCUT2D eigenvalue weighted by atomic mass is 16.1. The summed E-state index contributed by atoms with van der Waals surface area (Å²) < 4.78 is 0. The number of nitrogens with zero attached hydrogens (tertiary/aromatic N) is 1. The third-order valence-electron chi connectivity index (χ3n) is 3.08. The maximum absolute atomic E-state index is 11.5. The highest BCUT2D eigenvalue weighted by molar-refractivity contribution is 5.36. The van der Waals surface area contributed by atoms with E-state index in [1.807, 2.05) is 19.1 Å². The molecule has 2 aromatic rings. The molecule has 1 heterocycles. The number of aromatic nitrogens is 2. The third kappa shape index (κ3) is 3.44. The molecule has 0 atom stereocenters. The fourth-order valence-electron chi connectivity index (χ4n) is 2.03. The Morgan fingerprint density at radius 2 is 1.89 bits per heavy atom. The Morgan fingerprint density at radius 1 is 1.16 bits per heavy atom. The lowest BCUT2D eigenvalue weighted by atomic mass is 10.1. The molecule has 0 aliphatic heterocycles. The Kier molecular flexibility index (Phi) is 4.34. The summed E-state index contributed by atoms with van der Waals surface area (Å²) in [5.41, 5.74) is 2.44. The van der Waals surface area contributed by atoms with Gasteiger partial charge in [-0.1, -0.05) is 38.1 Å². The minimum atomic E-state index is -0.113. The molecule has 100 valence electrons. The monoisotopic (exact) mass is 257 g/mol. The predicted molar refractivity (Wildman–Crippen MR) is 77.4 cm³/mol. The van der Waals surface area contributed by atoms with Crippen LogP contribution in [0, 0.1) is 0 Å². The van der Waals surface area contributed by atoms with Crippen LogP contribution in [0.2, 0.25) is 0 Å². The SMILES string of the molecule is CCc1nc(NCc2ccccc2CC)cc(=O)[nH]1. The summed E-state index contributed by atoms with van der Waals surface area (Å²) >= 11 is 0. The highest BCUT2D eigenvalue weighted by Crippen LogP contribution is 2.11. The predicted octanol–water partition coefficient (Wildman–Crippen LogP) is 2.51. The van der Waals surface area contributed by atoms with Crippen LogP contribution in [0.4, 0.5) is 5.82 Å². The van der Waals surface area contributed by atoms with Gasteiger partial charge in [0.1, 0.15) is 11.6 Å². The summed E-state index contributed by atoms with van der Waals surface area (Å²) in [5.74, 6) is 1.34. The first kappa shape index (κ1) is 13.3.